The summed E-state index contributed by atoms with van der Waals surface area (Å²) in [6.07, 6.45) is 0. The van der Waals surface area contributed by atoms with E-state index in [1.165, 1.54) is 24.3 Å². The molecule has 6 nitrogen and oxygen atoms in total. The number of carbonyl (C=O) groups excluding carboxylic acids is 1. The maximum atomic E-state index is 13.9. The van der Waals surface area contributed by atoms with Crippen molar-refractivity contribution in [3.05, 3.63) is 83.9 Å². The lowest BCUT2D eigenvalue weighted by atomic mass is 10.0. The van der Waals surface area contributed by atoms with E-state index in [2.05, 4.69) is 15.2 Å². The number of aromatic nitrogens is 3. The lowest BCUT2D eigenvalue weighted by molar-refractivity contribution is 0.101. The van der Waals surface area contributed by atoms with E-state index in [0.29, 0.717) is 28.6 Å². The molecule has 0 aliphatic rings. The Hall–Kier alpha value is -3.85. The van der Waals surface area contributed by atoms with Crippen LogP contribution < -0.4 is 0 Å². The second-order valence-corrected chi connectivity index (χ2v) is 7.66. The van der Waals surface area contributed by atoms with Gasteiger partial charge in [-0.1, -0.05) is 11.8 Å². The highest BCUT2D eigenvalue weighted by molar-refractivity contribution is 7.99. The lowest BCUT2D eigenvalue weighted by Crippen LogP contribution is -2.07. The Labute approximate surface area is 185 Å². The number of carbonyl (C=O) groups is 1. The Bertz CT molecular complexity index is 1280. The van der Waals surface area contributed by atoms with E-state index >= 15 is 0 Å². The second kappa shape index (κ2) is 9.11. The van der Waals surface area contributed by atoms with Crippen LogP contribution in [0.1, 0.15) is 10.4 Å². The van der Waals surface area contributed by atoms with Crippen molar-refractivity contribution in [1.82, 2.24) is 15.2 Å². The fourth-order valence-corrected chi connectivity index (χ4v) is 3.60. The molecule has 160 valence electrons. The summed E-state index contributed by atoms with van der Waals surface area (Å²) in [5, 5.41) is 27.6. The summed E-state index contributed by atoms with van der Waals surface area (Å²) < 4.78 is 26.9. The maximum Gasteiger partial charge on any atom is 0.210 e. The van der Waals surface area contributed by atoms with Crippen LogP contribution in [0.25, 0.3) is 22.5 Å². The number of rotatable bonds is 6. The van der Waals surface area contributed by atoms with E-state index in [4.69, 9.17) is 0 Å². The summed E-state index contributed by atoms with van der Waals surface area (Å²) in [6, 6.07) is 15.5. The van der Waals surface area contributed by atoms with Gasteiger partial charge in [0.25, 0.3) is 0 Å². The van der Waals surface area contributed by atoms with E-state index < -0.39 is 17.4 Å². The van der Waals surface area contributed by atoms with E-state index in [1.54, 1.807) is 24.3 Å². The quantitative estimate of drug-likeness (QED) is 0.319. The summed E-state index contributed by atoms with van der Waals surface area (Å²) in [5.41, 5.74) is 1.99. The average Bonchev–Trinajstić information content (AvgIpc) is 2.78. The molecule has 1 aromatic heterocycles. The van der Waals surface area contributed by atoms with E-state index in [9.17, 15) is 23.8 Å². The van der Waals surface area contributed by atoms with Crippen LogP contribution in [0.4, 0.5) is 8.78 Å². The molecule has 0 fully saturated rings. The molecular weight excluding hydrogens is 436 g/mol. The van der Waals surface area contributed by atoms with E-state index in [0.717, 1.165) is 23.9 Å². The minimum atomic E-state index is -0.929. The van der Waals surface area contributed by atoms with Crippen molar-refractivity contribution in [3.8, 4) is 34.0 Å². The predicted octanol–water partition coefficient (Wildman–Crippen LogP) is 4.87. The topological polar surface area (TPSA) is 96.2 Å². The van der Waals surface area contributed by atoms with Crippen LogP contribution in [0.3, 0.4) is 0 Å². The first-order valence-corrected chi connectivity index (χ1v) is 10.3. The number of phenolic OH excluding ortho intramolecular Hbond substituents is 2. The van der Waals surface area contributed by atoms with Crippen molar-refractivity contribution >= 4 is 17.5 Å². The molecule has 1 heterocycles. The molecule has 2 N–H and O–H groups in total. The molecule has 3 aromatic carbocycles. The number of hydrogen-bond acceptors (Lipinski definition) is 7. The summed E-state index contributed by atoms with van der Waals surface area (Å²) in [6.45, 7) is 0. The molecule has 32 heavy (non-hydrogen) atoms. The number of ketones is 1. The zero-order valence-electron chi connectivity index (χ0n) is 16.4. The minimum Gasteiger partial charge on any atom is -0.508 e. The molecule has 0 unspecified atom stereocenters. The molecule has 0 spiro atoms. The summed E-state index contributed by atoms with van der Waals surface area (Å²) in [7, 11) is 0. The zero-order chi connectivity index (χ0) is 22.7. The standard InChI is InChI=1S/C23H15F2N3O3S/c24-15-5-10-18(19(25)11-15)20(31)12-32-23-26-21(13-1-6-16(29)7-2-13)22(27-28-23)14-3-8-17(30)9-4-14/h1-11,29-30H,12H2. The van der Waals surface area contributed by atoms with Crippen molar-refractivity contribution in [2.24, 2.45) is 0 Å². The second-order valence-electron chi connectivity index (χ2n) is 6.72. The van der Waals surface area contributed by atoms with Crippen molar-refractivity contribution in [1.29, 1.82) is 0 Å². The van der Waals surface area contributed by atoms with Gasteiger partial charge in [-0.15, -0.1) is 10.2 Å². The molecule has 0 saturated heterocycles. The van der Waals surface area contributed by atoms with Crippen molar-refractivity contribution < 1.29 is 23.8 Å². The highest BCUT2D eigenvalue weighted by Gasteiger charge is 2.17. The van der Waals surface area contributed by atoms with E-state index in [1.807, 2.05) is 0 Å². The SMILES string of the molecule is O=C(CSc1nnc(-c2ccc(O)cc2)c(-c2ccc(O)cc2)n1)c1ccc(F)cc1F. The minimum absolute atomic E-state index is 0.0865. The smallest absolute Gasteiger partial charge is 0.210 e. The fraction of sp³-hybridized carbons (Fsp3) is 0.0435. The van der Waals surface area contributed by atoms with Gasteiger partial charge in [-0.3, -0.25) is 4.79 Å². The number of halogens is 2. The van der Waals surface area contributed by atoms with Crippen LogP contribution in [-0.2, 0) is 0 Å². The van der Waals surface area contributed by atoms with Gasteiger partial charge >= 0.3 is 0 Å². The molecule has 0 amide bonds. The van der Waals surface area contributed by atoms with Crippen LogP contribution in [0.2, 0.25) is 0 Å². The van der Waals surface area contributed by atoms with Crippen LogP contribution in [0, 0.1) is 11.6 Å². The Morgan fingerprint density at radius 2 is 1.41 bits per heavy atom. The Morgan fingerprint density at radius 3 is 2.00 bits per heavy atom. The van der Waals surface area contributed by atoms with Gasteiger partial charge < -0.3 is 10.2 Å². The van der Waals surface area contributed by atoms with Gasteiger partial charge in [0.1, 0.15) is 34.5 Å². The molecule has 0 aliphatic carbocycles. The molecule has 0 atom stereocenters. The first-order chi connectivity index (χ1) is 15.4. The summed E-state index contributed by atoms with van der Waals surface area (Å²) in [4.78, 5) is 16.9. The van der Waals surface area contributed by atoms with Gasteiger partial charge in [-0.05, 0) is 60.7 Å². The third-order valence-electron chi connectivity index (χ3n) is 4.51. The van der Waals surface area contributed by atoms with Gasteiger partial charge in [0.15, 0.2) is 5.78 Å². The molecule has 4 rings (SSSR count). The van der Waals surface area contributed by atoms with Gasteiger partial charge in [0.2, 0.25) is 5.16 Å². The van der Waals surface area contributed by atoms with E-state index in [-0.39, 0.29) is 28.0 Å². The molecule has 0 saturated carbocycles. The monoisotopic (exact) mass is 451 g/mol. The van der Waals surface area contributed by atoms with Gasteiger partial charge in [-0.2, -0.15) is 0 Å². The highest BCUT2D eigenvalue weighted by Crippen LogP contribution is 2.31. The Morgan fingerprint density at radius 1 is 0.812 bits per heavy atom. The molecular formula is C23H15F2N3O3S. The van der Waals surface area contributed by atoms with Crippen LogP contribution in [-0.4, -0.2) is 36.9 Å². The summed E-state index contributed by atoms with van der Waals surface area (Å²) >= 11 is 0.971. The van der Waals surface area contributed by atoms with Crippen molar-refractivity contribution in [2.75, 3.05) is 5.75 Å². The fourth-order valence-electron chi connectivity index (χ4n) is 2.93. The average molecular weight is 451 g/mol. The zero-order valence-corrected chi connectivity index (χ0v) is 17.2. The third kappa shape index (κ3) is 4.73. The number of hydrogen-bond donors (Lipinski definition) is 2. The number of benzene rings is 3. The van der Waals surface area contributed by atoms with Crippen molar-refractivity contribution in [2.45, 2.75) is 5.16 Å². The predicted molar refractivity (Wildman–Crippen MR) is 115 cm³/mol. The van der Waals surface area contributed by atoms with Crippen molar-refractivity contribution in [3.63, 3.8) is 0 Å². The lowest BCUT2D eigenvalue weighted by Gasteiger charge is -2.10. The first-order valence-electron chi connectivity index (χ1n) is 9.35. The summed E-state index contributed by atoms with van der Waals surface area (Å²) in [5.74, 6) is -2.21. The largest absolute Gasteiger partial charge is 0.508 e. The van der Waals surface area contributed by atoms with Crippen LogP contribution >= 0.6 is 11.8 Å². The molecule has 4 aromatic rings. The highest BCUT2D eigenvalue weighted by atomic mass is 32.2. The number of aromatic hydroxyl groups is 2. The van der Waals surface area contributed by atoms with Crippen LogP contribution in [0.15, 0.2) is 71.9 Å². The number of nitrogens with zero attached hydrogens (tertiary/aromatic N) is 3. The molecule has 0 radical (unpaired) electrons. The number of Topliss-reactive ketones (excluding diaryl/α,β-unsaturated/α-hetero) is 1. The number of phenols is 2. The van der Waals surface area contributed by atoms with Gasteiger partial charge in [0, 0.05) is 17.2 Å². The van der Waals surface area contributed by atoms with Gasteiger partial charge in [-0.25, -0.2) is 13.8 Å². The molecule has 0 aliphatic heterocycles. The van der Waals surface area contributed by atoms with Gasteiger partial charge in [0.05, 0.1) is 11.3 Å². The Balaban J connectivity index is 1.65. The number of thioether (sulfide) groups is 1. The Kier molecular flexibility index (Phi) is 6.09. The molecule has 9 heteroatoms. The third-order valence-corrected chi connectivity index (χ3v) is 5.35. The molecule has 0 bridgehead atoms. The first kappa shape index (κ1) is 21.4. The maximum absolute atomic E-state index is 13.9. The normalized spacial score (nSPS) is 10.8. The van der Waals surface area contributed by atoms with Crippen LogP contribution in [0.5, 0.6) is 11.5 Å².